The van der Waals surface area contributed by atoms with Gasteiger partial charge in [-0.1, -0.05) is 19.0 Å². The summed E-state index contributed by atoms with van der Waals surface area (Å²) in [6.45, 7) is 5.66. The van der Waals surface area contributed by atoms with E-state index in [1.165, 1.54) is 6.07 Å². The molecule has 3 aromatic heterocycles. The van der Waals surface area contributed by atoms with Crippen LogP contribution in [0.3, 0.4) is 0 Å². The van der Waals surface area contributed by atoms with Gasteiger partial charge >= 0.3 is 5.97 Å². The van der Waals surface area contributed by atoms with Gasteiger partial charge in [-0.25, -0.2) is 9.78 Å². The highest BCUT2D eigenvalue weighted by Gasteiger charge is 2.22. The molecule has 0 aliphatic carbocycles. The second-order valence-corrected chi connectivity index (χ2v) is 5.17. The molecular weight excluding hydrogens is 272 g/mol. The second-order valence-electron chi connectivity index (χ2n) is 5.17. The quantitative estimate of drug-likeness (QED) is 0.791. The number of fused-ring (bicyclic) bond motifs is 1. The molecule has 3 heterocycles. The zero-order valence-corrected chi connectivity index (χ0v) is 11.9. The molecule has 0 atom stereocenters. The molecule has 0 radical (unpaired) electrons. The van der Waals surface area contributed by atoms with Crippen molar-refractivity contribution < 1.29 is 18.8 Å². The Kier molecular flexibility index (Phi) is 3.01. The van der Waals surface area contributed by atoms with Gasteiger partial charge in [0, 0.05) is 0 Å². The van der Waals surface area contributed by atoms with Crippen molar-refractivity contribution in [1.29, 1.82) is 0 Å². The summed E-state index contributed by atoms with van der Waals surface area (Å²) in [6.07, 6.45) is 0. The van der Waals surface area contributed by atoms with Crippen LogP contribution >= 0.6 is 0 Å². The maximum Gasteiger partial charge on any atom is 0.336 e. The molecule has 0 saturated carbocycles. The lowest BCUT2D eigenvalue weighted by molar-refractivity contribution is 0.0699. The highest BCUT2D eigenvalue weighted by molar-refractivity contribution is 6.03. The van der Waals surface area contributed by atoms with Crippen LogP contribution in [0.25, 0.3) is 22.6 Å². The third-order valence-electron chi connectivity index (χ3n) is 3.24. The molecule has 1 N–H and O–H groups in total. The Labute approximate surface area is 120 Å². The molecule has 0 saturated heterocycles. The predicted molar refractivity (Wildman–Crippen MR) is 75.3 cm³/mol. The molecule has 21 heavy (non-hydrogen) atoms. The smallest absolute Gasteiger partial charge is 0.336 e. The van der Waals surface area contributed by atoms with Gasteiger partial charge in [0.25, 0.3) is 5.71 Å². The highest BCUT2D eigenvalue weighted by atomic mass is 16.5. The van der Waals surface area contributed by atoms with E-state index in [1.807, 2.05) is 20.8 Å². The summed E-state index contributed by atoms with van der Waals surface area (Å²) in [5.74, 6) is 0.225. The first-order chi connectivity index (χ1) is 9.97. The van der Waals surface area contributed by atoms with Crippen LogP contribution < -0.4 is 0 Å². The Morgan fingerprint density at radius 1 is 1.33 bits per heavy atom. The zero-order valence-electron chi connectivity index (χ0n) is 11.9. The second kappa shape index (κ2) is 4.73. The van der Waals surface area contributed by atoms with Crippen LogP contribution in [-0.2, 0) is 0 Å². The molecule has 0 amide bonds. The van der Waals surface area contributed by atoms with Crippen molar-refractivity contribution in [3.63, 3.8) is 0 Å². The number of hydrogen-bond donors (Lipinski definition) is 1. The van der Waals surface area contributed by atoms with Crippen molar-refractivity contribution >= 4 is 17.1 Å². The van der Waals surface area contributed by atoms with E-state index >= 15 is 0 Å². The van der Waals surface area contributed by atoms with Crippen LogP contribution in [-0.4, -0.2) is 21.2 Å². The van der Waals surface area contributed by atoms with Gasteiger partial charge in [0.05, 0.1) is 16.6 Å². The molecule has 0 unspecified atom stereocenters. The van der Waals surface area contributed by atoms with E-state index in [1.54, 1.807) is 12.1 Å². The van der Waals surface area contributed by atoms with Gasteiger partial charge in [-0.05, 0) is 31.0 Å². The summed E-state index contributed by atoms with van der Waals surface area (Å²) < 4.78 is 10.7. The molecule has 0 aliphatic heterocycles. The minimum Gasteiger partial charge on any atom is -0.478 e. The first-order valence-corrected chi connectivity index (χ1v) is 6.57. The van der Waals surface area contributed by atoms with E-state index in [2.05, 4.69) is 10.1 Å². The molecule has 3 rings (SSSR count). The van der Waals surface area contributed by atoms with Gasteiger partial charge in [-0.3, -0.25) is 0 Å². The van der Waals surface area contributed by atoms with Crippen LogP contribution in [0.2, 0.25) is 0 Å². The predicted octanol–water partition coefficient (Wildman–Crippen LogP) is 3.61. The number of nitrogens with zero attached hydrogens (tertiary/aromatic N) is 2. The average molecular weight is 286 g/mol. The van der Waals surface area contributed by atoms with Crippen LogP contribution in [0.1, 0.15) is 41.6 Å². The molecule has 108 valence electrons. The molecule has 0 aromatic carbocycles. The average Bonchev–Trinajstić information content (AvgIpc) is 3.03. The number of aromatic carboxylic acids is 1. The Balaban J connectivity index is 2.29. The van der Waals surface area contributed by atoms with Gasteiger partial charge < -0.3 is 14.0 Å². The molecular formula is C15H14N2O4. The summed E-state index contributed by atoms with van der Waals surface area (Å²) in [7, 11) is 0. The van der Waals surface area contributed by atoms with E-state index in [9.17, 15) is 9.90 Å². The lowest BCUT2D eigenvalue weighted by atomic mass is 10.0. The van der Waals surface area contributed by atoms with Crippen LogP contribution in [0.4, 0.5) is 0 Å². The summed E-state index contributed by atoms with van der Waals surface area (Å²) in [5.41, 5.74) is 1.34. The minimum atomic E-state index is -1.04. The van der Waals surface area contributed by atoms with E-state index in [0.717, 1.165) is 5.76 Å². The van der Waals surface area contributed by atoms with E-state index in [0.29, 0.717) is 22.5 Å². The minimum absolute atomic E-state index is 0.0443. The number of hydrogen-bond acceptors (Lipinski definition) is 5. The van der Waals surface area contributed by atoms with Crippen molar-refractivity contribution in [2.45, 2.75) is 26.7 Å². The third kappa shape index (κ3) is 2.18. The monoisotopic (exact) mass is 286 g/mol. The maximum atomic E-state index is 11.5. The van der Waals surface area contributed by atoms with Crippen molar-refractivity contribution in [3.05, 3.63) is 35.2 Å². The first-order valence-electron chi connectivity index (χ1n) is 6.57. The molecule has 0 aliphatic rings. The maximum absolute atomic E-state index is 11.5. The van der Waals surface area contributed by atoms with Crippen molar-refractivity contribution in [2.75, 3.05) is 0 Å². The van der Waals surface area contributed by atoms with Crippen LogP contribution in [0, 0.1) is 6.92 Å². The Hall–Kier alpha value is -2.63. The van der Waals surface area contributed by atoms with Crippen LogP contribution in [0.15, 0.2) is 27.1 Å². The van der Waals surface area contributed by atoms with Crippen molar-refractivity contribution in [2.24, 2.45) is 0 Å². The molecule has 0 spiro atoms. The van der Waals surface area contributed by atoms with E-state index < -0.39 is 5.97 Å². The fourth-order valence-electron chi connectivity index (χ4n) is 2.23. The molecule has 6 heteroatoms. The number of carbonyl (C=O) groups is 1. The number of pyridine rings is 1. The summed E-state index contributed by atoms with van der Waals surface area (Å²) >= 11 is 0. The van der Waals surface area contributed by atoms with E-state index in [-0.39, 0.29) is 17.2 Å². The summed E-state index contributed by atoms with van der Waals surface area (Å²) in [6, 6.07) is 5.03. The van der Waals surface area contributed by atoms with Crippen molar-refractivity contribution in [1.82, 2.24) is 10.1 Å². The number of carboxylic acids is 1. The third-order valence-corrected chi connectivity index (χ3v) is 3.24. The fraction of sp³-hybridized carbons (Fsp3) is 0.267. The van der Waals surface area contributed by atoms with Crippen molar-refractivity contribution in [3.8, 4) is 11.5 Å². The van der Waals surface area contributed by atoms with E-state index in [4.69, 9.17) is 8.94 Å². The fourth-order valence-corrected chi connectivity index (χ4v) is 2.23. The molecule has 6 nitrogen and oxygen atoms in total. The van der Waals surface area contributed by atoms with Gasteiger partial charge in [-0.15, -0.1) is 0 Å². The zero-order chi connectivity index (χ0) is 15.1. The number of carboxylic acid groups (broad SMARTS) is 1. The summed E-state index contributed by atoms with van der Waals surface area (Å²) in [4.78, 5) is 15.9. The SMILES string of the molecule is Cc1ccc(-c2cc(C(=O)O)c3c(C(C)C)noc3n2)o1. The van der Waals surface area contributed by atoms with Gasteiger partial charge in [0.15, 0.2) is 5.76 Å². The lowest BCUT2D eigenvalue weighted by Gasteiger charge is -2.03. The number of rotatable bonds is 3. The molecule has 3 aromatic rings. The summed E-state index contributed by atoms with van der Waals surface area (Å²) in [5, 5.41) is 13.9. The number of aromatic nitrogens is 2. The normalized spacial score (nSPS) is 11.4. The Morgan fingerprint density at radius 2 is 2.10 bits per heavy atom. The highest BCUT2D eigenvalue weighted by Crippen LogP contribution is 2.31. The Morgan fingerprint density at radius 3 is 2.67 bits per heavy atom. The number of aryl methyl sites for hydroxylation is 1. The van der Waals surface area contributed by atoms with Gasteiger partial charge in [0.2, 0.25) is 0 Å². The van der Waals surface area contributed by atoms with Crippen LogP contribution in [0.5, 0.6) is 0 Å². The standard InChI is InChI=1S/C15H14N2O4/c1-7(2)13-12-9(15(18)19)6-10(16-14(12)21-17-13)11-5-4-8(3)20-11/h4-7H,1-3H3,(H,18,19). The Bertz CT molecular complexity index is 829. The molecule has 0 bridgehead atoms. The largest absolute Gasteiger partial charge is 0.478 e. The lowest BCUT2D eigenvalue weighted by Crippen LogP contribution is -2.01. The molecule has 0 fully saturated rings. The first kappa shape index (κ1) is 13.4. The topological polar surface area (TPSA) is 89.4 Å². The van der Waals surface area contributed by atoms with Gasteiger partial charge in [-0.2, -0.15) is 0 Å². The number of furan rings is 1. The van der Waals surface area contributed by atoms with Gasteiger partial charge in [0.1, 0.15) is 11.5 Å².